The van der Waals surface area contributed by atoms with Crippen LogP contribution in [0.3, 0.4) is 0 Å². The van der Waals surface area contributed by atoms with Crippen molar-refractivity contribution in [2.45, 2.75) is 39.8 Å². The number of Topliss-reactive ketones (excluding diaryl/α,β-unsaturated/α-hetero) is 1. The summed E-state index contributed by atoms with van der Waals surface area (Å²) in [7, 11) is 1.94. The highest BCUT2D eigenvalue weighted by Crippen LogP contribution is 1.97. The van der Waals surface area contributed by atoms with E-state index in [1.807, 2.05) is 32.7 Å². The summed E-state index contributed by atoms with van der Waals surface area (Å²) >= 11 is 0. The smallest absolute Gasteiger partial charge is 0.146 e. The van der Waals surface area contributed by atoms with Crippen molar-refractivity contribution in [2.24, 2.45) is 0 Å². The van der Waals surface area contributed by atoms with Gasteiger partial charge in [0, 0.05) is 6.54 Å². The second-order valence-electron chi connectivity index (χ2n) is 3.69. The zero-order valence-electron chi connectivity index (χ0n) is 9.33. The van der Waals surface area contributed by atoms with Crippen LogP contribution in [0.5, 0.6) is 0 Å². The fourth-order valence-corrected chi connectivity index (χ4v) is 0.936. The number of carbonyl (C=O) groups is 1. The van der Waals surface area contributed by atoms with E-state index >= 15 is 0 Å². The Morgan fingerprint density at radius 1 is 1.38 bits per heavy atom. The summed E-state index contributed by atoms with van der Waals surface area (Å²) in [6, 6.07) is -0.00392. The van der Waals surface area contributed by atoms with Gasteiger partial charge < -0.3 is 4.74 Å². The fourth-order valence-electron chi connectivity index (χ4n) is 0.936. The van der Waals surface area contributed by atoms with Crippen molar-refractivity contribution in [3.8, 4) is 0 Å². The first-order valence-electron chi connectivity index (χ1n) is 4.77. The molecule has 13 heavy (non-hydrogen) atoms. The van der Waals surface area contributed by atoms with Crippen molar-refractivity contribution in [1.29, 1.82) is 0 Å². The van der Waals surface area contributed by atoms with Crippen LogP contribution in [-0.4, -0.2) is 43.0 Å². The molecule has 0 spiro atoms. The van der Waals surface area contributed by atoms with Crippen molar-refractivity contribution < 1.29 is 9.53 Å². The zero-order valence-corrected chi connectivity index (χ0v) is 9.33. The largest absolute Gasteiger partial charge is 0.377 e. The molecule has 0 aliphatic rings. The van der Waals surface area contributed by atoms with Crippen LogP contribution in [0.2, 0.25) is 0 Å². The molecule has 0 radical (unpaired) electrons. The Labute approximate surface area is 81.1 Å². The van der Waals surface area contributed by atoms with Crippen LogP contribution in [0.4, 0.5) is 0 Å². The highest BCUT2D eigenvalue weighted by molar-refractivity contribution is 5.80. The average Bonchev–Trinajstić information content (AvgIpc) is 2.02. The molecule has 0 amide bonds. The lowest BCUT2D eigenvalue weighted by Gasteiger charge is -2.22. The Hall–Kier alpha value is -0.410. The van der Waals surface area contributed by atoms with E-state index in [1.165, 1.54) is 0 Å². The molecule has 0 N–H and O–H groups in total. The lowest BCUT2D eigenvalue weighted by molar-refractivity contribution is -0.121. The summed E-state index contributed by atoms with van der Waals surface area (Å²) in [5, 5.41) is 0. The minimum Gasteiger partial charge on any atom is -0.377 e. The summed E-state index contributed by atoms with van der Waals surface area (Å²) in [6.45, 7) is 9.04. The van der Waals surface area contributed by atoms with Crippen LogP contribution < -0.4 is 0 Å². The number of hydrogen-bond donors (Lipinski definition) is 0. The third kappa shape index (κ3) is 5.77. The van der Waals surface area contributed by atoms with E-state index < -0.39 is 0 Å². The highest BCUT2D eigenvalue weighted by atomic mass is 16.5. The molecule has 0 aromatic rings. The fraction of sp³-hybridized carbons (Fsp3) is 0.900. The average molecular weight is 187 g/mol. The van der Waals surface area contributed by atoms with E-state index in [0.717, 1.165) is 6.54 Å². The first-order valence-corrected chi connectivity index (χ1v) is 4.77. The maximum atomic E-state index is 11.0. The molecule has 0 saturated heterocycles. The second-order valence-corrected chi connectivity index (χ2v) is 3.69. The normalized spacial score (nSPS) is 13.8. The molecular weight excluding hydrogens is 166 g/mol. The maximum absolute atomic E-state index is 11.0. The maximum Gasteiger partial charge on any atom is 0.146 e. The van der Waals surface area contributed by atoms with Gasteiger partial charge in [0.25, 0.3) is 0 Å². The van der Waals surface area contributed by atoms with Gasteiger partial charge in [-0.25, -0.2) is 0 Å². The van der Waals surface area contributed by atoms with Gasteiger partial charge >= 0.3 is 0 Å². The third-order valence-electron chi connectivity index (χ3n) is 2.14. The number of ether oxygens (including phenoxy) is 1. The molecule has 0 rings (SSSR count). The molecule has 0 aliphatic carbocycles. The highest BCUT2D eigenvalue weighted by Gasteiger charge is 2.12. The molecule has 0 aliphatic heterocycles. The van der Waals surface area contributed by atoms with Crippen LogP contribution >= 0.6 is 0 Å². The number of nitrogens with zero attached hydrogens (tertiary/aromatic N) is 1. The number of ketones is 1. The molecule has 3 nitrogen and oxygen atoms in total. The number of rotatable bonds is 6. The van der Waals surface area contributed by atoms with E-state index in [2.05, 4.69) is 0 Å². The Balaban J connectivity index is 3.61. The monoisotopic (exact) mass is 187 g/mol. The predicted octanol–water partition coefficient (Wildman–Crippen LogP) is 1.32. The van der Waals surface area contributed by atoms with Gasteiger partial charge in [0.2, 0.25) is 0 Å². The molecule has 1 atom stereocenters. The SMILES string of the molecule is CC(=O)C(C)N(C)CCOC(C)C. The molecule has 0 saturated carbocycles. The van der Waals surface area contributed by atoms with E-state index in [9.17, 15) is 4.79 Å². The summed E-state index contributed by atoms with van der Waals surface area (Å²) in [5.74, 6) is 0.201. The standard InChI is InChI=1S/C10H21NO2/c1-8(2)13-7-6-11(5)9(3)10(4)12/h8-9H,6-7H2,1-5H3. The Kier molecular flexibility index (Phi) is 5.91. The lowest BCUT2D eigenvalue weighted by atomic mass is 10.2. The van der Waals surface area contributed by atoms with Crippen molar-refractivity contribution in [2.75, 3.05) is 20.2 Å². The predicted molar refractivity (Wildman–Crippen MR) is 53.9 cm³/mol. The minimum atomic E-state index is -0.00392. The van der Waals surface area contributed by atoms with Crippen LogP contribution in [-0.2, 0) is 9.53 Å². The van der Waals surface area contributed by atoms with Gasteiger partial charge in [-0.1, -0.05) is 0 Å². The Morgan fingerprint density at radius 3 is 2.31 bits per heavy atom. The van der Waals surface area contributed by atoms with Gasteiger partial charge in [-0.3, -0.25) is 9.69 Å². The van der Waals surface area contributed by atoms with Gasteiger partial charge in [-0.2, -0.15) is 0 Å². The molecule has 78 valence electrons. The first kappa shape index (κ1) is 12.6. The number of hydrogen-bond acceptors (Lipinski definition) is 3. The van der Waals surface area contributed by atoms with Gasteiger partial charge in [0.1, 0.15) is 5.78 Å². The zero-order chi connectivity index (χ0) is 10.4. The third-order valence-corrected chi connectivity index (χ3v) is 2.14. The van der Waals surface area contributed by atoms with Gasteiger partial charge in [-0.05, 0) is 34.7 Å². The van der Waals surface area contributed by atoms with E-state index in [4.69, 9.17) is 4.74 Å². The Morgan fingerprint density at radius 2 is 1.92 bits per heavy atom. The van der Waals surface area contributed by atoms with Crippen LogP contribution in [0.1, 0.15) is 27.7 Å². The molecule has 0 aromatic carbocycles. The van der Waals surface area contributed by atoms with Gasteiger partial charge in [0.15, 0.2) is 0 Å². The van der Waals surface area contributed by atoms with Crippen LogP contribution in [0, 0.1) is 0 Å². The molecule has 0 fully saturated rings. The molecule has 3 heteroatoms. The summed E-state index contributed by atoms with van der Waals surface area (Å²) in [5.41, 5.74) is 0. The molecule has 0 bridgehead atoms. The van der Waals surface area contributed by atoms with Crippen molar-refractivity contribution in [3.05, 3.63) is 0 Å². The van der Waals surface area contributed by atoms with Crippen LogP contribution in [0.15, 0.2) is 0 Å². The van der Waals surface area contributed by atoms with Crippen molar-refractivity contribution in [3.63, 3.8) is 0 Å². The number of carbonyl (C=O) groups excluding carboxylic acids is 1. The van der Waals surface area contributed by atoms with Crippen molar-refractivity contribution >= 4 is 5.78 Å². The molecular formula is C10H21NO2. The second kappa shape index (κ2) is 6.11. The summed E-state index contributed by atoms with van der Waals surface area (Å²) < 4.78 is 5.39. The number of likely N-dealkylation sites (N-methyl/N-ethyl adjacent to an activating group) is 1. The topological polar surface area (TPSA) is 29.5 Å². The Bertz CT molecular complexity index is 157. The van der Waals surface area contributed by atoms with E-state index in [1.54, 1.807) is 6.92 Å². The molecule has 0 heterocycles. The van der Waals surface area contributed by atoms with E-state index in [-0.39, 0.29) is 17.9 Å². The summed E-state index contributed by atoms with van der Waals surface area (Å²) in [6.07, 6.45) is 0.265. The lowest BCUT2D eigenvalue weighted by Crippen LogP contribution is -2.37. The summed E-state index contributed by atoms with van der Waals surface area (Å²) in [4.78, 5) is 13.0. The van der Waals surface area contributed by atoms with Crippen molar-refractivity contribution in [1.82, 2.24) is 4.90 Å². The minimum absolute atomic E-state index is 0.00392. The first-order chi connectivity index (χ1) is 5.95. The quantitative estimate of drug-likeness (QED) is 0.628. The van der Waals surface area contributed by atoms with Gasteiger partial charge in [0.05, 0.1) is 18.8 Å². The van der Waals surface area contributed by atoms with Gasteiger partial charge in [-0.15, -0.1) is 0 Å². The molecule has 1 unspecified atom stereocenters. The molecule has 0 aromatic heterocycles. The van der Waals surface area contributed by atoms with Crippen LogP contribution in [0.25, 0.3) is 0 Å². The van der Waals surface area contributed by atoms with E-state index in [0.29, 0.717) is 6.61 Å².